The summed E-state index contributed by atoms with van der Waals surface area (Å²) in [4.78, 5) is 16.6. The smallest absolute Gasteiger partial charge is 0.224 e. The lowest BCUT2D eigenvalue weighted by molar-refractivity contribution is -0.121. The van der Waals surface area contributed by atoms with Crippen LogP contribution in [-0.2, 0) is 11.2 Å². The molecule has 3 aromatic rings. The highest BCUT2D eigenvalue weighted by molar-refractivity contribution is 5.79. The zero-order chi connectivity index (χ0) is 18.4. The zero-order valence-electron chi connectivity index (χ0n) is 15.0. The second-order valence-corrected chi connectivity index (χ2v) is 6.15. The second-order valence-electron chi connectivity index (χ2n) is 6.15. The van der Waals surface area contributed by atoms with Gasteiger partial charge in [-0.3, -0.25) is 9.78 Å². The fraction of sp³-hybridized carbons (Fsp3) is 0.182. The van der Waals surface area contributed by atoms with Crippen LogP contribution in [0.15, 0.2) is 72.9 Å². The van der Waals surface area contributed by atoms with Crippen molar-refractivity contribution in [1.82, 2.24) is 10.3 Å². The predicted octanol–water partition coefficient (Wildman–Crippen LogP) is 4.18. The lowest BCUT2D eigenvalue weighted by atomic mass is 10.0. The van der Waals surface area contributed by atoms with Crippen LogP contribution in [0.5, 0.6) is 5.75 Å². The van der Waals surface area contributed by atoms with Crippen molar-refractivity contribution in [3.05, 3.63) is 84.2 Å². The first-order chi connectivity index (χ1) is 12.7. The molecule has 0 radical (unpaired) electrons. The molecule has 132 valence electrons. The molecule has 0 aliphatic rings. The van der Waals surface area contributed by atoms with Crippen LogP contribution < -0.4 is 10.1 Å². The van der Waals surface area contributed by atoms with Gasteiger partial charge in [0.25, 0.3) is 0 Å². The van der Waals surface area contributed by atoms with E-state index in [0.29, 0.717) is 12.2 Å². The Labute approximate surface area is 153 Å². The molecule has 2 aromatic carbocycles. The van der Waals surface area contributed by atoms with Gasteiger partial charge in [-0.1, -0.05) is 54.6 Å². The Bertz CT molecular complexity index is 844. The molecule has 0 spiro atoms. The quantitative estimate of drug-likeness (QED) is 0.728. The molecule has 0 bridgehead atoms. The van der Waals surface area contributed by atoms with E-state index in [1.54, 1.807) is 13.3 Å². The number of ether oxygens (including phenoxy) is 1. The van der Waals surface area contributed by atoms with Gasteiger partial charge in [0.2, 0.25) is 5.91 Å². The van der Waals surface area contributed by atoms with Crippen molar-refractivity contribution >= 4 is 5.91 Å². The Morgan fingerprint density at radius 2 is 1.69 bits per heavy atom. The van der Waals surface area contributed by atoms with E-state index in [1.807, 2.05) is 61.5 Å². The summed E-state index contributed by atoms with van der Waals surface area (Å²) in [6.07, 6.45) is 2.00. The van der Waals surface area contributed by atoms with Crippen LogP contribution in [0.2, 0.25) is 0 Å². The Morgan fingerprint density at radius 1 is 1.00 bits per heavy atom. The largest absolute Gasteiger partial charge is 0.495 e. The summed E-state index contributed by atoms with van der Waals surface area (Å²) in [5, 5.41) is 2.99. The first kappa shape index (κ1) is 17.7. The Morgan fingerprint density at radius 3 is 2.31 bits per heavy atom. The van der Waals surface area contributed by atoms with E-state index < -0.39 is 0 Å². The van der Waals surface area contributed by atoms with E-state index >= 15 is 0 Å². The van der Waals surface area contributed by atoms with Crippen molar-refractivity contribution in [2.75, 3.05) is 7.11 Å². The summed E-state index contributed by atoms with van der Waals surface area (Å²) in [5.41, 5.74) is 4.10. The molecule has 26 heavy (non-hydrogen) atoms. The third-order valence-corrected chi connectivity index (χ3v) is 4.24. The van der Waals surface area contributed by atoms with Gasteiger partial charge in [0.05, 0.1) is 31.5 Å². The number of hydrogen-bond donors (Lipinski definition) is 1. The minimum atomic E-state index is -0.156. The maximum Gasteiger partial charge on any atom is 0.224 e. The van der Waals surface area contributed by atoms with Crippen LogP contribution in [0.25, 0.3) is 11.1 Å². The molecule has 1 atom stereocenters. The monoisotopic (exact) mass is 346 g/mol. The highest BCUT2D eigenvalue weighted by atomic mass is 16.5. The third-order valence-electron chi connectivity index (χ3n) is 4.24. The zero-order valence-corrected chi connectivity index (χ0v) is 15.0. The molecular weight excluding hydrogens is 324 g/mol. The molecule has 3 rings (SSSR count). The normalized spacial score (nSPS) is 11.6. The highest BCUT2D eigenvalue weighted by Crippen LogP contribution is 2.19. The molecule has 1 heterocycles. The van der Waals surface area contributed by atoms with Crippen LogP contribution in [0.3, 0.4) is 0 Å². The fourth-order valence-corrected chi connectivity index (χ4v) is 2.77. The highest BCUT2D eigenvalue weighted by Gasteiger charge is 2.11. The van der Waals surface area contributed by atoms with Crippen LogP contribution in [-0.4, -0.2) is 18.0 Å². The number of methoxy groups -OCH3 is 1. The molecule has 0 saturated carbocycles. The number of rotatable bonds is 6. The van der Waals surface area contributed by atoms with Crippen LogP contribution >= 0.6 is 0 Å². The summed E-state index contributed by atoms with van der Waals surface area (Å²) in [5.74, 6) is 0.674. The van der Waals surface area contributed by atoms with Gasteiger partial charge < -0.3 is 10.1 Å². The Balaban J connectivity index is 1.59. The molecular formula is C22H22N2O2. The van der Waals surface area contributed by atoms with Crippen LogP contribution in [0.4, 0.5) is 0 Å². The molecule has 0 aliphatic heterocycles. The van der Waals surface area contributed by atoms with E-state index in [-0.39, 0.29) is 11.9 Å². The van der Waals surface area contributed by atoms with E-state index in [2.05, 4.69) is 22.4 Å². The van der Waals surface area contributed by atoms with Gasteiger partial charge in [-0.05, 0) is 35.7 Å². The average Bonchev–Trinajstić information content (AvgIpc) is 2.69. The van der Waals surface area contributed by atoms with Crippen molar-refractivity contribution < 1.29 is 9.53 Å². The number of aromatic nitrogens is 1. The van der Waals surface area contributed by atoms with Gasteiger partial charge in [-0.25, -0.2) is 0 Å². The SMILES string of the molecule is COc1ccc([C@@H](C)NC(=O)Cc2ccc(-c3ccccc3)cc2)nc1. The maximum atomic E-state index is 12.3. The third kappa shape index (κ3) is 4.48. The number of amides is 1. The predicted molar refractivity (Wildman–Crippen MR) is 103 cm³/mol. The molecule has 4 heteroatoms. The van der Waals surface area contributed by atoms with Gasteiger partial charge in [-0.15, -0.1) is 0 Å². The van der Waals surface area contributed by atoms with E-state index in [0.717, 1.165) is 16.8 Å². The summed E-state index contributed by atoms with van der Waals surface area (Å²) in [6.45, 7) is 1.92. The van der Waals surface area contributed by atoms with Crippen molar-refractivity contribution in [2.24, 2.45) is 0 Å². The van der Waals surface area contributed by atoms with E-state index in [9.17, 15) is 4.79 Å². The Kier molecular flexibility index (Phi) is 5.64. The van der Waals surface area contributed by atoms with Gasteiger partial charge in [-0.2, -0.15) is 0 Å². The molecule has 4 nitrogen and oxygen atoms in total. The van der Waals surface area contributed by atoms with E-state index in [1.165, 1.54) is 5.56 Å². The number of benzene rings is 2. The number of carbonyl (C=O) groups excluding carboxylic acids is 1. The number of nitrogens with one attached hydrogen (secondary N) is 1. The lowest BCUT2D eigenvalue weighted by Crippen LogP contribution is -2.28. The minimum Gasteiger partial charge on any atom is -0.495 e. The summed E-state index contributed by atoms with van der Waals surface area (Å²) >= 11 is 0. The maximum absolute atomic E-state index is 12.3. The molecule has 1 aromatic heterocycles. The number of pyridine rings is 1. The second kappa shape index (κ2) is 8.30. The van der Waals surface area contributed by atoms with Gasteiger partial charge in [0.1, 0.15) is 5.75 Å². The molecule has 0 saturated heterocycles. The molecule has 1 amide bonds. The first-order valence-electron chi connectivity index (χ1n) is 8.59. The van der Waals surface area contributed by atoms with Gasteiger partial charge >= 0.3 is 0 Å². The topological polar surface area (TPSA) is 51.2 Å². The first-order valence-corrected chi connectivity index (χ1v) is 8.59. The van der Waals surface area contributed by atoms with Crippen LogP contribution in [0, 0.1) is 0 Å². The summed E-state index contributed by atoms with van der Waals surface area (Å²) in [7, 11) is 1.60. The fourth-order valence-electron chi connectivity index (χ4n) is 2.77. The molecule has 1 N–H and O–H groups in total. The van der Waals surface area contributed by atoms with Crippen molar-refractivity contribution in [2.45, 2.75) is 19.4 Å². The minimum absolute atomic E-state index is 0.0254. The summed E-state index contributed by atoms with van der Waals surface area (Å²) in [6, 6.07) is 21.8. The van der Waals surface area contributed by atoms with Gasteiger partial charge in [0, 0.05) is 0 Å². The standard InChI is InChI=1S/C22H22N2O2/c1-16(21-13-12-20(26-2)15-23-21)24-22(25)14-17-8-10-19(11-9-17)18-6-4-3-5-7-18/h3-13,15-16H,14H2,1-2H3,(H,24,25)/t16-/m1/s1. The summed E-state index contributed by atoms with van der Waals surface area (Å²) < 4.78 is 5.10. The van der Waals surface area contributed by atoms with Crippen molar-refractivity contribution in [3.63, 3.8) is 0 Å². The molecule has 0 fully saturated rings. The lowest BCUT2D eigenvalue weighted by Gasteiger charge is -2.14. The Hall–Kier alpha value is -3.14. The van der Waals surface area contributed by atoms with Crippen molar-refractivity contribution in [3.8, 4) is 16.9 Å². The molecule has 0 aliphatic carbocycles. The average molecular weight is 346 g/mol. The number of carbonyl (C=O) groups is 1. The number of nitrogens with zero attached hydrogens (tertiary/aromatic N) is 1. The molecule has 0 unspecified atom stereocenters. The van der Waals surface area contributed by atoms with E-state index in [4.69, 9.17) is 4.74 Å². The van der Waals surface area contributed by atoms with Crippen LogP contribution in [0.1, 0.15) is 24.2 Å². The van der Waals surface area contributed by atoms with Crippen molar-refractivity contribution in [1.29, 1.82) is 0 Å². The number of hydrogen-bond acceptors (Lipinski definition) is 3. The van der Waals surface area contributed by atoms with Gasteiger partial charge in [0.15, 0.2) is 0 Å².